The first kappa shape index (κ1) is 23.2. The summed E-state index contributed by atoms with van der Waals surface area (Å²) in [5, 5.41) is 4.90. The molecule has 3 N–H and O–H groups in total. The van der Waals surface area contributed by atoms with Crippen molar-refractivity contribution in [2.24, 2.45) is 11.7 Å². The topological polar surface area (TPSA) is 129 Å². The highest BCUT2D eigenvalue weighted by molar-refractivity contribution is 5.93. The standard InChI is InChI=1S/C26H29N5O4/c1-13-23-17(25(33)35-26(13,3)4)5-6-21(31-23)30-22-9-18-19(14(2)27)10-29-24(20(18)11-28-22)34-16-7-15(8-16)12-32/h5-6,9-16H,7-8,27H2,1-4H3,(H,28,30,31). The first-order valence-electron chi connectivity index (χ1n) is 11.8. The van der Waals surface area contributed by atoms with Gasteiger partial charge in [0.1, 0.15) is 29.6 Å². The zero-order valence-corrected chi connectivity index (χ0v) is 20.2. The second kappa shape index (κ2) is 8.57. The van der Waals surface area contributed by atoms with Gasteiger partial charge in [-0.1, -0.05) is 6.92 Å². The summed E-state index contributed by atoms with van der Waals surface area (Å²) >= 11 is 0. The molecule has 35 heavy (non-hydrogen) atoms. The van der Waals surface area contributed by atoms with Crippen molar-refractivity contribution >= 4 is 34.7 Å². The molecule has 9 nitrogen and oxygen atoms in total. The van der Waals surface area contributed by atoms with Gasteiger partial charge in [-0.2, -0.15) is 0 Å². The fourth-order valence-electron chi connectivity index (χ4n) is 4.52. The van der Waals surface area contributed by atoms with E-state index >= 15 is 0 Å². The van der Waals surface area contributed by atoms with Crippen LogP contribution in [0.1, 0.15) is 74.1 Å². The number of rotatable bonds is 6. The van der Waals surface area contributed by atoms with Crippen molar-refractivity contribution < 1.29 is 19.1 Å². The van der Waals surface area contributed by atoms with Gasteiger partial charge in [0.15, 0.2) is 0 Å². The lowest BCUT2D eigenvalue weighted by Crippen LogP contribution is -2.39. The Kier molecular flexibility index (Phi) is 5.67. The summed E-state index contributed by atoms with van der Waals surface area (Å²) in [7, 11) is 0. The Morgan fingerprint density at radius 1 is 1.20 bits per heavy atom. The number of fused-ring (bicyclic) bond motifs is 2. The number of carbonyl (C=O) groups is 2. The minimum atomic E-state index is -0.640. The van der Waals surface area contributed by atoms with Crippen molar-refractivity contribution in [3.8, 4) is 5.88 Å². The van der Waals surface area contributed by atoms with Gasteiger partial charge in [-0.05, 0) is 62.8 Å². The Morgan fingerprint density at radius 3 is 2.69 bits per heavy atom. The molecule has 0 aromatic carbocycles. The van der Waals surface area contributed by atoms with E-state index in [0.717, 1.165) is 22.6 Å². The Labute approximate surface area is 203 Å². The average Bonchev–Trinajstić information content (AvgIpc) is 2.79. The third-order valence-electron chi connectivity index (χ3n) is 7.07. The number of esters is 1. The van der Waals surface area contributed by atoms with E-state index in [4.69, 9.17) is 20.2 Å². The lowest BCUT2D eigenvalue weighted by atomic mass is 9.83. The van der Waals surface area contributed by atoms with E-state index < -0.39 is 5.60 Å². The number of nitrogens with zero attached hydrogens (tertiary/aromatic N) is 3. The third kappa shape index (κ3) is 4.20. The maximum atomic E-state index is 12.4. The summed E-state index contributed by atoms with van der Waals surface area (Å²) in [6.07, 6.45) is 5.78. The van der Waals surface area contributed by atoms with Crippen molar-refractivity contribution in [1.82, 2.24) is 15.0 Å². The van der Waals surface area contributed by atoms with Gasteiger partial charge in [0, 0.05) is 30.3 Å². The number of hydrogen-bond donors (Lipinski definition) is 2. The molecule has 182 valence electrons. The number of aldehydes is 1. The molecule has 9 heteroatoms. The van der Waals surface area contributed by atoms with E-state index in [1.165, 1.54) is 0 Å². The first-order chi connectivity index (χ1) is 16.7. The SMILES string of the molecule is CC(N)c1cnc(OC2CC(C=O)C2)c2cnc(Nc3ccc4c(n3)C(C)C(C)(C)OC4=O)cc12. The van der Waals surface area contributed by atoms with E-state index in [-0.39, 0.29) is 30.0 Å². The molecule has 2 atom stereocenters. The van der Waals surface area contributed by atoms with Crippen molar-refractivity contribution in [1.29, 1.82) is 0 Å². The normalized spacial score (nSPS) is 23.6. The Hall–Kier alpha value is -3.59. The number of cyclic esters (lactones) is 1. The minimum Gasteiger partial charge on any atom is -0.474 e. The summed E-state index contributed by atoms with van der Waals surface area (Å²) < 4.78 is 11.6. The van der Waals surface area contributed by atoms with Crippen LogP contribution < -0.4 is 15.8 Å². The van der Waals surface area contributed by atoms with Crippen LogP contribution in [0.3, 0.4) is 0 Å². The summed E-state index contributed by atoms with van der Waals surface area (Å²) in [4.78, 5) is 37.1. The zero-order chi connectivity index (χ0) is 24.9. The Bertz CT molecular complexity index is 1320. The highest BCUT2D eigenvalue weighted by Crippen LogP contribution is 2.38. The minimum absolute atomic E-state index is 0.0301. The predicted octanol–water partition coefficient (Wildman–Crippen LogP) is 4.20. The molecule has 2 aliphatic rings. The van der Waals surface area contributed by atoms with Crippen molar-refractivity contribution in [3.63, 3.8) is 0 Å². The summed E-state index contributed by atoms with van der Waals surface area (Å²) in [5.74, 6) is 1.28. The number of anilines is 2. The van der Waals surface area contributed by atoms with Crippen LogP contribution in [-0.2, 0) is 9.53 Å². The molecule has 1 aliphatic heterocycles. The fraction of sp³-hybridized carbons (Fsp3) is 0.423. The first-order valence-corrected chi connectivity index (χ1v) is 11.8. The molecule has 0 radical (unpaired) electrons. The van der Waals surface area contributed by atoms with E-state index in [2.05, 4.69) is 15.3 Å². The third-order valence-corrected chi connectivity index (χ3v) is 7.07. The number of nitrogens with two attached hydrogens (primary N) is 1. The van der Waals surface area contributed by atoms with Crippen LogP contribution in [0.2, 0.25) is 0 Å². The van der Waals surface area contributed by atoms with Gasteiger partial charge < -0.3 is 25.3 Å². The van der Waals surface area contributed by atoms with Crippen LogP contribution in [0.25, 0.3) is 10.8 Å². The largest absolute Gasteiger partial charge is 0.474 e. The van der Waals surface area contributed by atoms with Crippen LogP contribution in [-0.4, -0.2) is 38.9 Å². The van der Waals surface area contributed by atoms with Gasteiger partial charge >= 0.3 is 5.97 Å². The maximum Gasteiger partial charge on any atom is 0.340 e. The van der Waals surface area contributed by atoms with Crippen LogP contribution >= 0.6 is 0 Å². The highest BCUT2D eigenvalue weighted by atomic mass is 16.6. The maximum absolute atomic E-state index is 12.4. The van der Waals surface area contributed by atoms with Crippen LogP contribution in [0.4, 0.5) is 11.6 Å². The molecule has 1 fully saturated rings. The van der Waals surface area contributed by atoms with Gasteiger partial charge in [0.2, 0.25) is 5.88 Å². The number of carbonyl (C=O) groups excluding carboxylic acids is 2. The lowest BCUT2D eigenvalue weighted by molar-refractivity contribution is -0.116. The summed E-state index contributed by atoms with van der Waals surface area (Å²) in [6.45, 7) is 7.67. The van der Waals surface area contributed by atoms with Gasteiger partial charge in [-0.25, -0.2) is 19.7 Å². The second-order valence-electron chi connectivity index (χ2n) is 10.00. The van der Waals surface area contributed by atoms with Crippen LogP contribution in [0.15, 0.2) is 30.6 Å². The molecule has 3 aromatic heterocycles. The Balaban J connectivity index is 1.47. The fourth-order valence-corrected chi connectivity index (χ4v) is 4.52. The monoisotopic (exact) mass is 475 g/mol. The van der Waals surface area contributed by atoms with Crippen molar-refractivity contribution in [2.75, 3.05) is 5.32 Å². The number of aromatic nitrogens is 3. The molecule has 1 saturated carbocycles. The van der Waals surface area contributed by atoms with Crippen LogP contribution in [0, 0.1) is 5.92 Å². The molecule has 5 rings (SSSR count). The molecule has 0 saturated heterocycles. The van der Waals surface area contributed by atoms with Crippen molar-refractivity contribution in [2.45, 2.75) is 64.2 Å². The van der Waals surface area contributed by atoms with Crippen molar-refractivity contribution in [3.05, 3.63) is 47.4 Å². The van der Waals surface area contributed by atoms with E-state index in [9.17, 15) is 9.59 Å². The zero-order valence-electron chi connectivity index (χ0n) is 20.2. The number of nitrogens with one attached hydrogen (secondary N) is 1. The molecular formula is C26H29N5O4. The second-order valence-corrected chi connectivity index (χ2v) is 10.00. The van der Waals surface area contributed by atoms with Gasteiger partial charge in [0.25, 0.3) is 0 Å². The molecule has 2 unspecified atom stereocenters. The number of hydrogen-bond acceptors (Lipinski definition) is 9. The van der Waals surface area contributed by atoms with Gasteiger partial charge in [-0.3, -0.25) is 0 Å². The summed E-state index contributed by atoms with van der Waals surface area (Å²) in [5.41, 5.74) is 7.63. The highest BCUT2D eigenvalue weighted by Gasteiger charge is 2.40. The van der Waals surface area contributed by atoms with Gasteiger partial charge in [0.05, 0.1) is 16.6 Å². The van der Waals surface area contributed by atoms with Crippen LogP contribution in [0.5, 0.6) is 5.88 Å². The average molecular weight is 476 g/mol. The Morgan fingerprint density at radius 2 is 1.97 bits per heavy atom. The van der Waals surface area contributed by atoms with E-state index in [1.807, 2.05) is 33.8 Å². The smallest absolute Gasteiger partial charge is 0.340 e. The molecule has 4 heterocycles. The number of ether oxygens (including phenoxy) is 2. The molecule has 0 spiro atoms. The predicted molar refractivity (Wildman–Crippen MR) is 131 cm³/mol. The van der Waals surface area contributed by atoms with E-state index in [0.29, 0.717) is 41.6 Å². The number of pyridine rings is 3. The molecule has 0 bridgehead atoms. The van der Waals surface area contributed by atoms with E-state index in [1.54, 1.807) is 24.5 Å². The van der Waals surface area contributed by atoms with Gasteiger partial charge in [-0.15, -0.1) is 0 Å². The molecular weight excluding hydrogens is 446 g/mol. The molecule has 0 amide bonds. The quantitative estimate of drug-likeness (QED) is 0.398. The lowest BCUT2D eigenvalue weighted by Gasteiger charge is -2.36. The molecule has 3 aromatic rings. The summed E-state index contributed by atoms with van der Waals surface area (Å²) in [6, 6.07) is 5.13. The molecule has 1 aliphatic carbocycles.